The lowest BCUT2D eigenvalue weighted by molar-refractivity contribution is -0.152. The number of furan rings is 1. The van der Waals surface area contributed by atoms with E-state index in [4.69, 9.17) is 9.15 Å². The standard InChI is InChI=1S/C15H19NO3/c1-15(2,14(17)18-4)16(3)9-11-10-19-13-8-6-5-7-12(11)13/h5-8,10H,9H2,1-4H3. The summed E-state index contributed by atoms with van der Waals surface area (Å²) in [7, 11) is 3.31. The summed E-state index contributed by atoms with van der Waals surface area (Å²) in [6.07, 6.45) is 1.74. The molecule has 2 aromatic rings. The van der Waals surface area contributed by atoms with Crippen molar-refractivity contribution in [1.29, 1.82) is 0 Å². The molecule has 0 saturated heterocycles. The lowest BCUT2D eigenvalue weighted by atomic mass is 10.0. The fraction of sp³-hybridized carbons (Fsp3) is 0.400. The highest BCUT2D eigenvalue weighted by atomic mass is 16.5. The molecular formula is C15H19NO3. The van der Waals surface area contributed by atoms with E-state index in [2.05, 4.69) is 0 Å². The van der Waals surface area contributed by atoms with Crippen LogP contribution in [0.25, 0.3) is 11.0 Å². The van der Waals surface area contributed by atoms with Crippen molar-refractivity contribution in [3.8, 4) is 0 Å². The van der Waals surface area contributed by atoms with Crippen molar-refractivity contribution in [1.82, 2.24) is 4.90 Å². The van der Waals surface area contributed by atoms with Gasteiger partial charge < -0.3 is 9.15 Å². The predicted molar refractivity (Wildman–Crippen MR) is 73.8 cm³/mol. The molecule has 0 saturated carbocycles. The molecule has 0 bridgehead atoms. The molecule has 0 radical (unpaired) electrons. The molecule has 2 rings (SSSR count). The van der Waals surface area contributed by atoms with Crippen LogP contribution in [-0.4, -0.2) is 30.6 Å². The van der Waals surface area contributed by atoms with Gasteiger partial charge in [-0.2, -0.15) is 0 Å². The van der Waals surface area contributed by atoms with E-state index in [9.17, 15) is 4.79 Å². The van der Waals surface area contributed by atoms with Crippen molar-refractivity contribution in [2.45, 2.75) is 25.9 Å². The lowest BCUT2D eigenvalue weighted by Gasteiger charge is -2.32. The molecule has 0 spiro atoms. The number of hydrogen-bond acceptors (Lipinski definition) is 4. The van der Waals surface area contributed by atoms with E-state index in [1.807, 2.05) is 50.1 Å². The molecule has 0 fully saturated rings. The molecule has 0 aliphatic carbocycles. The van der Waals surface area contributed by atoms with E-state index in [1.54, 1.807) is 6.26 Å². The van der Waals surface area contributed by atoms with Gasteiger partial charge in [0.15, 0.2) is 0 Å². The lowest BCUT2D eigenvalue weighted by Crippen LogP contribution is -2.48. The number of para-hydroxylation sites is 1. The number of carbonyl (C=O) groups excluding carboxylic acids is 1. The zero-order chi connectivity index (χ0) is 14.0. The number of methoxy groups -OCH3 is 1. The maximum atomic E-state index is 11.8. The largest absolute Gasteiger partial charge is 0.468 e. The fourth-order valence-corrected chi connectivity index (χ4v) is 2.01. The Labute approximate surface area is 112 Å². The minimum atomic E-state index is -0.673. The molecule has 4 heteroatoms. The van der Waals surface area contributed by atoms with Gasteiger partial charge in [0.05, 0.1) is 13.4 Å². The summed E-state index contributed by atoms with van der Waals surface area (Å²) in [6, 6.07) is 7.88. The Balaban J connectivity index is 2.23. The van der Waals surface area contributed by atoms with E-state index in [1.165, 1.54) is 7.11 Å². The molecule has 0 unspecified atom stereocenters. The number of hydrogen-bond donors (Lipinski definition) is 0. The second-order valence-electron chi connectivity index (χ2n) is 5.16. The molecule has 19 heavy (non-hydrogen) atoms. The van der Waals surface area contributed by atoms with Gasteiger partial charge in [0, 0.05) is 17.5 Å². The van der Waals surface area contributed by atoms with Crippen LogP contribution in [0.15, 0.2) is 34.9 Å². The first-order valence-electron chi connectivity index (χ1n) is 6.21. The molecule has 0 N–H and O–H groups in total. The summed E-state index contributed by atoms with van der Waals surface area (Å²) in [6.45, 7) is 4.32. The van der Waals surface area contributed by atoms with Crippen molar-refractivity contribution < 1.29 is 13.9 Å². The van der Waals surface area contributed by atoms with E-state index in [0.717, 1.165) is 16.5 Å². The molecule has 0 aliphatic heterocycles. The van der Waals surface area contributed by atoms with Gasteiger partial charge in [0.25, 0.3) is 0 Å². The third kappa shape index (κ3) is 2.49. The molecular weight excluding hydrogens is 242 g/mol. The highest BCUT2D eigenvalue weighted by Gasteiger charge is 2.33. The minimum Gasteiger partial charge on any atom is -0.468 e. The quantitative estimate of drug-likeness (QED) is 0.794. The molecule has 4 nitrogen and oxygen atoms in total. The summed E-state index contributed by atoms with van der Waals surface area (Å²) in [5.74, 6) is -0.247. The number of ether oxygens (including phenoxy) is 1. The highest BCUT2D eigenvalue weighted by Crippen LogP contribution is 2.24. The number of esters is 1. The van der Waals surface area contributed by atoms with Gasteiger partial charge in [-0.3, -0.25) is 9.69 Å². The van der Waals surface area contributed by atoms with Crippen LogP contribution in [0.1, 0.15) is 19.4 Å². The molecule has 102 valence electrons. The van der Waals surface area contributed by atoms with Gasteiger partial charge in [0.1, 0.15) is 11.1 Å². The fourth-order valence-electron chi connectivity index (χ4n) is 2.01. The van der Waals surface area contributed by atoms with Crippen LogP contribution < -0.4 is 0 Å². The Hall–Kier alpha value is -1.81. The number of carbonyl (C=O) groups is 1. The van der Waals surface area contributed by atoms with Crippen LogP contribution >= 0.6 is 0 Å². The van der Waals surface area contributed by atoms with Crippen molar-refractivity contribution in [2.75, 3.05) is 14.2 Å². The number of benzene rings is 1. The first-order valence-corrected chi connectivity index (χ1v) is 6.21. The molecule has 1 aromatic heterocycles. The van der Waals surface area contributed by atoms with Crippen LogP contribution in [0.5, 0.6) is 0 Å². The molecule has 1 heterocycles. The average molecular weight is 261 g/mol. The molecule has 0 amide bonds. The van der Waals surface area contributed by atoms with Crippen LogP contribution in [0.2, 0.25) is 0 Å². The van der Waals surface area contributed by atoms with Crippen LogP contribution in [-0.2, 0) is 16.1 Å². The van der Waals surface area contributed by atoms with Crippen LogP contribution in [0, 0.1) is 0 Å². The predicted octanol–water partition coefficient (Wildman–Crippen LogP) is 2.82. The second kappa shape index (κ2) is 5.05. The minimum absolute atomic E-state index is 0.247. The van der Waals surface area contributed by atoms with Gasteiger partial charge >= 0.3 is 5.97 Å². The topological polar surface area (TPSA) is 42.7 Å². The smallest absolute Gasteiger partial charge is 0.325 e. The van der Waals surface area contributed by atoms with Crippen molar-refractivity contribution in [3.05, 3.63) is 36.1 Å². The van der Waals surface area contributed by atoms with Crippen molar-refractivity contribution in [2.24, 2.45) is 0 Å². The maximum absolute atomic E-state index is 11.8. The van der Waals surface area contributed by atoms with E-state index in [0.29, 0.717) is 6.54 Å². The van der Waals surface area contributed by atoms with E-state index in [-0.39, 0.29) is 5.97 Å². The Bertz CT molecular complexity index is 586. The second-order valence-corrected chi connectivity index (χ2v) is 5.16. The van der Waals surface area contributed by atoms with Gasteiger partial charge in [0.2, 0.25) is 0 Å². The molecule has 0 atom stereocenters. The van der Waals surface area contributed by atoms with Crippen molar-refractivity contribution >= 4 is 16.9 Å². The third-order valence-electron chi connectivity index (χ3n) is 3.61. The summed E-state index contributed by atoms with van der Waals surface area (Å²) in [5, 5.41) is 1.08. The first kappa shape index (κ1) is 13.6. The number of fused-ring (bicyclic) bond motifs is 1. The monoisotopic (exact) mass is 261 g/mol. The number of nitrogens with zero attached hydrogens (tertiary/aromatic N) is 1. The Kier molecular flexibility index (Phi) is 3.62. The normalized spacial score (nSPS) is 12.1. The maximum Gasteiger partial charge on any atom is 0.325 e. The Morgan fingerprint density at radius 1 is 1.37 bits per heavy atom. The number of likely N-dealkylation sites (N-methyl/N-ethyl adjacent to an activating group) is 1. The zero-order valence-corrected chi connectivity index (χ0v) is 11.8. The van der Waals surface area contributed by atoms with Crippen LogP contribution in [0.4, 0.5) is 0 Å². The average Bonchev–Trinajstić information content (AvgIpc) is 2.81. The Morgan fingerprint density at radius 3 is 2.74 bits per heavy atom. The van der Waals surface area contributed by atoms with Gasteiger partial charge in [-0.1, -0.05) is 18.2 Å². The van der Waals surface area contributed by atoms with Gasteiger partial charge in [-0.05, 0) is 27.0 Å². The summed E-state index contributed by atoms with van der Waals surface area (Å²) < 4.78 is 10.3. The zero-order valence-electron chi connectivity index (χ0n) is 11.8. The SMILES string of the molecule is COC(=O)C(C)(C)N(C)Cc1coc2ccccc12. The van der Waals surface area contributed by atoms with E-state index >= 15 is 0 Å². The van der Waals surface area contributed by atoms with Crippen molar-refractivity contribution in [3.63, 3.8) is 0 Å². The van der Waals surface area contributed by atoms with E-state index < -0.39 is 5.54 Å². The summed E-state index contributed by atoms with van der Waals surface area (Å²) >= 11 is 0. The molecule has 0 aliphatic rings. The first-order chi connectivity index (χ1) is 8.96. The summed E-state index contributed by atoms with van der Waals surface area (Å²) in [5.41, 5.74) is 1.25. The van der Waals surface area contributed by atoms with Gasteiger partial charge in [-0.25, -0.2) is 0 Å². The molecule has 1 aromatic carbocycles. The summed E-state index contributed by atoms with van der Waals surface area (Å²) in [4.78, 5) is 13.7. The van der Waals surface area contributed by atoms with Crippen LogP contribution in [0.3, 0.4) is 0 Å². The van der Waals surface area contributed by atoms with Gasteiger partial charge in [-0.15, -0.1) is 0 Å². The third-order valence-corrected chi connectivity index (χ3v) is 3.61. The number of rotatable bonds is 4. The Morgan fingerprint density at radius 2 is 2.05 bits per heavy atom. The highest BCUT2D eigenvalue weighted by molar-refractivity contribution is 5.81.